The van der Waals surface area contributed by atoms with Crippen LogP contribution in [0.3, 0.4) is 0 Å². The average Bonchev–Trinajstić information content (AvgIpc) is 3.22. The quantitative estimate of drug-likeness (QED) is 0.671. The number of fused-ring (bicyclic) bond motifs is 1. The Morgan fingerprint density at radius 3 is 2.64 bits per heavy atom. The van der Waals surface area contributed by atoms with Gasteiger partial charge in [-0.05, 0) is 24.3 Å². The van der Waals surface area contributed by atoms with Crippen LogP contribution in [0.25, 0.3) is 10.2 Å². The SMILES string of the molecule is O=C(Cc1ccc(Cl)s1)N1CCN(c2nc3c(F)cccc3s2)CC1. The second kappa shape index (κ2) is 6.90. The summed E-state index contributed by atoms with van der Waals surface area (Å²) in [5.41, 5.74) is 0.426. The minimum absolute atomic E-state index is 0.119. The molecule has 0 radical (unpaired) electrons. The minimum atomic E-state index is -0.288. The Labute approximate surface area is 157 Å². The first-order valence-electron chi connectivity index (χ1n) is 7.92. The lowest BCUT2D eigenvalue weighted by Gasteiger charge is -2.34. The van der Waals surface area contributed by atoms with Crippen molar-refractivity contribution in [1.29, 1.82) is 0 Å². The average molecular weight is 396 g/mol. The third-order valence-corrected chi connectivity index (χ3v) is 6.53. The molecule has 3 heterocycles. The Hall–Kier alpha value is -1.70. The number of nitrogens with zero attached hydrogens (tertiary/aromatic N) is 3. The zero-order valence-corrected chi connectivity index (χ0v) is 15.6. The van der Waals surface area contributed by atoms with Crippen LogP contribution in [0.15, 0.2) is 30.3 Å². The second-order valence-electron chi connectivity index (χ2n) is 5.83. The summed E-state index contributed by atoms with van der Waals surface area (Å²) >= 11 is 8.85. The van der Waals surface area contributed by atoms with Gasteiger partial charge in [0.1, 0.15) is 11.3 Å². The molecule has 1 amide bonds. The number of para-hydroxylation sites is 1. The third-order valence-electron chi connectivity index (χ3n) is 4.22. The fourth-order valence-corrected chi connectivity index (χ4v) is 5.00. The van der Waals surface area contributed by atoms with E-state index in [1.54, 1.807) is 6.07 Å². The van der Waals surface area contributed by atoms with E-state index >= 15 is 0 Å². The number of thiazole rings is 1. The van der Waals surface area contributed by atoms with E-state index in [2.05, 4.69) is 9.88 Å². The first-order valence-corrected chi connectivity index (χ1v) is 9.93. The summed E-state index contributed by atoms with van der Waals surface area (Å²) in [6, 6.07) is 8.73. The number of hydrogen-bond donors (Lipinski definition) is 0. The summed E-state index contributed by atoms with van der Waals surface area (Å²) in [5, 5.41) is 0.817. The number of rotatable bonds is 3. The number of carbonyl (C=O) groups excluding carboxylic acids is 1. The van der Waals surface area contributed by atoms with Crippen LogP contribution in [0.4, 0.5) is 9.52 Å². The number of hydrogen-bond acceptors (Lipinski definition) is 5. The molecule has 4 rings (SSSR count). The zero-order chi connectivity index (χ0) is 17.4. The van der Waals surface area contributed by atoms with Crippen molar-refractivity contribution in [2.75, 3.05) is 31.1 Å². The van der Waals surface area contributed by atoms with E-state index < -0.39 is 0 Å². The smallest absolute Gasteiger partial charge is 0.227 e. The van der Waals surface area contributed by atoms with Crippen LogP contribution in [0.1, 0.15) is 4.88 Å². The van der Waals surface area contributed by atoms with Crippen LogP contribution < -0.4 is 4.90 Å². The molecule has 1 aromatic carbocycles. The van der Waals surface area contributed by atoms with Gasteiger partial charge in [-0.3, -0.25) is 4.79 Å². The molecule has 0 aliphatic carbocycles. The minimum Gasteiger partial charge on any atom is -0.345 e. The van der Waals surface area contributed by atoms with Crippen LogP contribution in [0.5, 0.6) is 0 Å². The molecule has 3 aromatic rings. The van der Waals surface area contributed by atoms with E-state index in [0.717, 1.165) is 14.7 Å². The van der Waals surface area contributed by atoms with Crippen molar-refractivity contribution in [1.82, 2.24) is 9.88 Å². The molecule has 0 N–H and O–H groups in total. The molecule has 0 unspecified atom stereocenters. The zero-order valence-electron chi connectivity index (χ0n) is 13.2. The standard InChI is InChI=1S/C17H15ClFN3OS2/c18-14-5-4-11(24-14)10-15(23)21-6-8-22(9-7-21)17-20-16-12(19)2-1-3-13(16)25-17/h1-5H,6-10H2. The molecule has 2 aromatic heterocycles. The van der Waals surface area contributed by atoms with E-state index in [9.17, 15) is 9.18 Å². The predicted molar refractivity (Wildman–Crippen MR) is 101 cm³/mol. The number of carbonyl (C=O) groups is 1. The molecule has 1 aliphatic heterocycles. The van der Waals surface area contributed by atoms with Gasteiger partial charge in [0.05, 0.1) is 15.5 Å². The number of halogens is 2. The maximum atomic E-state index is 13.8. The molecule has 0 saturated carbocycles. The molecule has 4 nitrogen and oxygen atoms in total. The highest BCUT2D eigenvalue weighted by Gasteiger charge is 2.23. The molecule has 1 aliphatic rings. The van der Waals surface area contributed by atoms with Gasteiger partial charge in [-0.2, -0.15) is 0 Å². The van der Waals surface area contributed by atoms with Crippen molar-refractivity contribution in [2.24, 2.45) is 0 Å². The lowest BCUT2D eigenvalue weighted by Crippen LogP contribution is -2.49. The number of piperazine rings is 1. The van der Waals surface area contributed by atoms with E-state index in [1.807, 2.05) is 23.1 Å². The van der Waals surface area contributed by atoms with Gasteiger partial charge in [0, 0.05) is 31.1 Å². The van der Waals surface area contributed by atoms with Gasteiger partial charge in [-0.1, -0.05) is 29.0 Å². The number of thiophene rings is 1. The fraction of sp³-hybridized carbons (Fsp3) is 0.294. The Bertz CT molecular complexity index is 918. The van der Waals surface area contributed by atoms with Gasteiger partial charge in [-0.25, -0.2) is 9.37 Å². The maximum absolute atomic E-state index is 13.8. The van der Waals surface area contributed by atoms with Crippen molar-refractivity contribution in [3.63, 3.8) is 0 Å². The molecule has 8 heteroatoms. The highest BCUT2D eigenvalue weighted by Crippen LogP contribution is 2.30. The van der Waals surface area contributed by atoms with Gasteiger partial charge in [0.15, 0.2) is 5.13 Å². The first-order chi connectivity index (χ1) is 12.1. The summed E-state index contributed by atoms with van der Waals surface area (Å²) < 4.78 is 15.4. The molecular formula is C17H15ClFN3OS2. The fourth-order valence-electron chi connectivity index (χ4n) is 2.89. The largest absolute Gasteiger partial charge is 0.345 e. The van der Waals surface area contributed by atoms with Gasteiger partial charge in [0.25, 0.3) is 0 Å². The molecule has 25 heavy (non-hydrogen) atoms. The van der Waals surface area contributed by atoms with Gasteiger partial charge in [0.2, 0.25) is 5.91 Å². The van der Waals surface area contributed by atoms with E-state index in [1.165, 1.54) is 28.7 Å². The topological polar surface area (TPSA) is 36.4 Å². The summed E-state index contributed by atoms with van der Waals surface area (Å²) in [6.07, 6.45) is 0.393. The van der Waals surface area contributed by atoms with E-state index in [-0.39, 0.29) is 11.7 Å². The summed E-state index contributed by atoms with van der Waals surface area (Å²) in [6.45, 7) is 2.71. The molecular weight excluding hydrogens is 381 g/mol. The number of anilines is 1. The van der Waals surface area contributed by atoms with Gasteiger partial charge in [-0.15, -0.1) is 11.3 Å². The first kappa shape index (κ1) is 16.8. The van der Waals surface area contributed by atoms with Crippen LogP contribution in [-0.4, -0.2) is 42.0 Å². The second-order valence-corrected chi connectivity index (χ2v) is 8.64. The third kappa shape index (κ3) is 3.49. The highest BCUT2D eigenvalue weighted by molar-refractivity contribution is 7.22. The van der Waals surface area contributed by atoms with Crippen LogP contribution in [0.2, 0.25) is 4.34 Å². The van der Waals surface area contributed by atoms with Crippen LogP contribution in [0, 0.1) is 5.82 Å². The van der Waals surface area contributed by atoms with E-state index in [0.29, 0.717) is 42.5 Å². The van der Waals surface area contributed by atoms with Crippen LogP contribution in [-0.2, 0) is 11.2 Å². The van der Waals surface area contributed by atoms with Crippen molar-refractivity contribution in [3.8, 4) is 0 Å². The summed E-state index contributed by atoms with van der Waals surface area (Å²) in [4.78, 5) is 21.8. The molecule has 1 saturated heterocycles. The van der Waals surface area contributed by atoms with Crippen molar-refractivity contribution < 1.29 is 9.18 Å². The molecule has 0 atom stereocenters. The predicted octanol–water partition coefficient (Wildman–Crippen LogP) is 4.04. The van der Waals surface area contributed by atoms with Crippen molar-refractivity contribution in [2.45, 2.75) is 6.42 Å². The molecule has 0 spiro atoms. The van der Waals surface area contributed by atoms with E-state index in [4.69, 9.17) is 11.6 Å². The maximum Gasteiger partial charge on any atom is 0.227 e. The van der Waals surface area contributed by atoms with Gasteiger partial charge < -0.3 is 9.80 Å². The molecule has 1 fully saturated rings. The number of amides is 1. The Kier molecular flexibility index (Phi) is 4.62. The Morgan fingerprint density at radius 2 is 1.96 bits per heavy atom. The Morgan fingerprint density at radius 1 is 1.16 bits per heavy atom. The number of aromatic nitrogens is 1. The lowest BCUT2D eigenvalue weighted by molar-refractivity contribution is -0.130. The summed E-state index contributed by atoms with van der Waals surface area (Å²) in [5.74, 6) is -0.170. The number of benzene rings is 1. The molecule has 130 valence electrons. The normalized spacial score (nSPS) is 15.1. The lowest BCUT2D eigenvalue weighted by atomic mass is 10.2. The van der Waals surface area contributed by atoms with Crippen molar-refractivity contribution >= 4 is 55.5 Å². The summed E-state index contributed by atoms with van der Waals surface area (Å²) in [7, 11) is 0. The van der Waals surface area contributed by atoms with Crippen LogP contribution >= 0.6 is 34.3 Å². The van der Waals surface area contributed by atoms with Crippen molar-refractivity contribution in [3.05, 3.63) is 45.4 Å². The monoisotopic (exact) mass is 395 g/mol. The molecule has 0 bridgehead atoms. The highest BCUT2D eigenvalue weighted by atomic mass is 35.5. The Balaban J connectivity index is 1.40. The van der Waals surface area contributed by atoms with Gasteiger partial charge >= 0.3 is 0 Å².